The number of hydrogen-bond acceptors (Lipinski definition) is 6. The van der Waals surface area contributed by atoms with E-state index in [4.69, 9.17) is 13.9 Å². The molecule has 6 heteroatoms. The molecule has 0 saturated carbocycles. The summed E-state index contributed by atoms with van der Waals surface area (Å²) in [6.45, 7) is 9.91. The van der Waals surface area contributed by atoms with Gasteiger partial charge in [-0.05, 0) is 49.5 Å². The monoisotopic (exact) mass is 450 g/mol. The number of hydrogen-bond donors (Lipinski definition) is 0. The van der Waals surface area contributed by atoms with E-state index in [1.54, 1.807) is 13.2 Å². The number of fused-ring (bicyclic) bond motifs is 1. The molecule has 0 spiro atoms. The van der Waals surface area contributed by atoms with Gasteiger partial charge < -0.3 is 23.7 Å². The average Bonchev–Trinajstić information content (AvgIpc) is 2.86. The van der Waals surface area contributed by atoms with Gasteiger partial charge in [-0.2, -0.15) is 0 Å². The topological polar surface area (TPSA) is 55.2 Å². The average molecular weight is 451 g/mol. The predicted octanol–water partition coefficient (Wildman–Crippen LogP) is 4.66. The van der Waals surface area contributed by atoms with Gasteiger partial charge in [-0.25, -0.2) is 4.79 Å². The van der Waals surface area contributed by atoms with E-state index in [-0.39, 0.29) is 5.63 Å². The summed E-state index contributed by atoms with van der Waals surface area (Å²) in [6, 6.07) is 15.1. The van der Waals surface area contributed by atoms with Crippen LogP contribution in [0.2, 0.25) is 0 Å². The first-order valence-electron chi connectivity index (χ1n) is 12.0. The molecule has 3 aromatic rings. The van der Waals surface area contributed by atoms with E-state index >= 15 is 0 Å². The summed E-state index contributed by atoms with van der Waals surface area (Å²) in [7, 11) is 1.60. The largest absolute Gasteiger partial charge is 0.493 e. The Morgan fingerprint density at radius 2 is 1.67 bits per heavy atom. The molecule has 4 rings (SSSR count). The Labute approximate surface area is 195 Å². The number of rotatable bonds is 10. The van der Waals surface area contributed by atoms with Gasteiger partial charge in [0.05, 0.1) is 13.7 Å². The molecular weight excluding hydrogens is 416 g/mol. The van der Waals surface area contributed by atoms with Crippen LogP contribution in [0.5, 0.6) is 11.5 Å². The summed E-state index contributed by atoms with van der Waals surface area (Å²) in [5, 5.41) is 0.836. The first-order valence-corrected chi connectivity index (χ1v) is 12.0. The zero-order valence-electron chi connectivity index (χ0n) is 19.7. The summed E-state index contributed by atoms with van der Waals surface area (Å²) in [4.78, 5) is 17.2. The van der Waals surface area contributed by atoms with Gasteiger partial charge in [0.25, 0.3) is 0 Å². The Bertz CT molecular complexity index is 1090. The minimum atomic E-state index is -0.381. The Hall–Kier alpha value is -2.83. The summed E-state index contributed by atoms with van der Waals surface area (Å²) in [5.41, 5.74) is 1.91. The van der Waals surface area contributed by atoms with Crippen molar-refractivity contribution in [2.75, 3.05) is 53.0 Å². The van der Waals surface area contributed by atoms with Crippen molar-refractivity contribution in [2.45, 2.75) is 26.2 Å². The molecule has 33 heavy (non-hydrogen) atoms. The molecule has 0 N–H and O–H groups in total. The minimum absolute atomic E-state index is 0.381. The fourth-order valence-corrected chi connectivity index (χ4v) is 4.42. The highest BCUT2D eigenvalue weighted by atomic mass is 16.5. The molecule has 0 unspecified atom stereocenters. The van der Waals surface area contributed by atoms with Gasteiger partial charge in [0.15, 0.2) is 11.5 Å². The van der Waals surface area contributed by atoms with E-state index in [0.29, 0.717) is 23.7 Å². The maximum Gasteiger partial charge on any atom is 0.336 e. The molecule has 1 fully saturated rings. The molecule has 176 valence electrons. The third-order valence-electron chi connectivity index (χ3n) is 6.40. The molecule has 1 aliphatic rings. The highest BCUT2D eigenvalue weighted by Crippen LogP contribution is 2.36. The van der Waals surface area contributed by atoms with Gasteiger partial charge in [0.2, 0.25) is 0 Å². The van der Waals surface area contributed by atoms with Crippen molar-refractivity contribution in [1.29, 1.82) is 0 Å². The summed E-state index contributed by atoms with van der Waals surface area (Å²) in [6.07, 6.45) is 3.31. The molecule has 0 radical (unpaired) electrons. The third kappa shape index (κ3) is 5.95. The van der Waals surface area contributed by atoms with Crippen molar-refractivity contribution in [3.05, 3.63) is 59.0 Å². The van der Waals surface area contributed by atoms with Crippen molar-refractivity contribution in [2.24, 2.45) is 0 Å². The van der Waals surface area contributed by atoms with E-state index < -0.39 is 0 Å². The van der Waals surface area contributed by atoms with Crippen molar-refractivity contribution >= 4 is 11.0 Å². The number of ether oxygens (including phenoxy) is 2. The fraction of sp³-hybridized carbons (Fsp3) is 0.444. The fourth-order valence-electron chi connectivity index (χ4n) is 4.42. The zero-order chi connectivity index (χ0) is 23.0. The Morgan fingerprint density at radius 1 is 0.909 bits per heavy atom. The Kier molecular flexibility index (Phi) is 8.02. The van der Waals surface area contributed by atoms with Crippen molar-refractivity contribution in [3.63, 3.8) is 0 Å². The summed E-state index contributed by atoms with van der Waals surface area (Å²) in [5.74, 6) is 1.25. The van der Waals surface area contributed by atoms with E-state index in [1.807, 2.05) is 36.4 Å². The molecule has 1 aromatic heterocycles. The smallest absolute Gasteiger partial charge is 0.336 e. The van der Waals surface area contributed by atoms with Gasteiger partial charge >= 0.3 is 5.63 Å². The van der Waals surface area contributed by atoms with E-state index in [2.05, 4.69) is 16.7 Å². The van der Waals surface area contributed by atoms with Crippen LogP contribution in [0.15, 0.2) is 57.7 Å². The quantitative estimate of drug-likeness (QED) is 0.331. The number of likely N-dealkylation sites (N-methyl/N-ethyl adjacent to an activating group) is 1. The maximum atomic E-state index is 12.1. The normalized spacial score (nSPS) is 15.1. The van der Waals surface area contributed by atoms with Crippen molar-refractivity contribution < 1.29 is 13.9 Å². The van der Waals surface area contributed by atoms with E-state index in [0.717, 1.165) is 42.4 Å². The lowest BCUT2D eigenvalue weighted by Gasteiger charge is -2.33. The second kappa shape index (κ2) is 11.3. The van der Waals surface area contributed by atoms with E-state index in [1.165, 1.54) is 38.7 Å². The molecule has 6 nitrogen and oxygen atoms in total. The first-order chi connectivity index (χ1) is 16.2. The standard InChI is InChI=1S/C27H34N2O4/c1-3-28-13-15-29(16-14-28)12-8-5-9-17-32-26-18-23-22(21-10-6-4-7-11-21)19-27(30)33-24(23)20-25(26)31-2/h4,6-7,10-11,18-20H,3,5,8-9,12-17H2,1-2H3. The SMILES string of the molecule is CCN1CCN(CCCCCOc2cc3c(-c4ccccc4)cc(=O)oc3cc2OC)CC1. The van der Waals surface area contributed by atoms with Crippen LogP contribution in [0.4, 0.5) is 0 Å². The number of methoxy groups -OCH3 is 1. The highest BCUT2D eigenvalue weighted by molar-refractivity contribution is 5.95. The molecule has 0 atom stereocenters. The van der Waals surface area contributed by atoms with Gasteiger partial charge in [0, 0.05) is 43.7 Å². The zero-order valence-corrected chi connectivity index (χ0v) is 19.7. The molecule has 2 heterocycles. The second-order valence-corrected chi connectivity index (χ2v) is 8.53. The lowest BCUT2D eigenvalue weighted by atomic mass is 10.0. The van der Waals surface area contributed by atoms with Crippen LogP contribution >= 0.6 is 0 Å². The van der Waals surface area contributed by atoms with Gasteiger partial charge in [0.1, 0.15) is 5.58 Å². The Morgan fingerprint density at radius 3 is 2.39 bits per heavy atom. The Balaban J connectivity index is 1.37. The molecular formula is C27H34N2O4. The van der Waals surface area contributed by atoms with Crippen molar-refractivity contribution in [1.82, 2.24) is 9.80 Å². The molecule has 2 aromatic carbocycles. The van der Waals surface area contributed by atoms with Gasteiger partial charge in [-0.1, -0.05) is 37.3 Å². The molecule has 1 aliphatic heterocycles. The minimum Gasteiger partial charge on any atom is -0.493 e. The summed E-state index contributed by atoms with van der Waals surface area (Å²) < 4.78 is 17.1. The van der Waals surface area contributed by atoms with Crippen LogP contribution in [0.3, 0.4) is 0 Å². The van der Waals surface area contributed by atoms with Gasteiger partial charge in [-0.15, -0.1) is 0 Å². The van der Waals surface area contributed by atoms with Crippen LogP contribution in [-0.2, 0) is 0 Å². The lowest BCUT2D eigenvalue weighted by Crippen LogP contribution is -2.46. The van der Waals surface area contributed by atoms with Crippen LogP contribution < -0.4 is 15.1 Å². The first kappa shape index (κ1) is 23.3. The lowest BCUT2D eigenvalue weighted by molar-refractivity contribution is 0.135. The van der Waals surface area contributed by atoms with Crippen LogP contribution in [0.25, 0.3) is 22.1 Å². The van der Waals surface area contributed by atoms with Gasteiger partial charge in [-0.3, -0.25) is 0 Å². The van der Waals surface area contributed by atoms with Crippen molar-refractivity contribution in [3.8, 4) is 22.6 Å². The molecule has 1 saturated heterocycles. The number of piperazine rings is 1. The third-order valence-corrected chi connectivity index (χ3v) is 6.40. The predicted molar refractivity (Wildman–Crippen MR) is 132 cm³/mol. The molecule has 0 aliphatic carbocycles. The summed E-state index contributed by atoms with van der Waals surface area (Å²) >= 11 is 0. The number of nitrogens with zero attached hydrogens (tertiary/aromatic N) is 2. The van der Waals surface area contributed by atoms with Crippen LogP contribution in [-0.4, -0.2) is 62.8 Å². The second-order valence-electron chi connectivity index (χ2n) is 8.53. The number of unbranched alkanes of at least 4 members (excludes halogenated alkanes) is 2. The number of benzene rings is 2. The van der Waals surface area contributed by atoms with Crippen LogP contribution in [0.1, 0.15) is 26.2 Å². The van der Waals surface area contributed by atoms with Crippen LogP contribution in [0, 0.1) is 0 Å². The highest BCUT2D eigenvalue weighted by Gasteiger charge is 2.15. The molecule has 0 bridgehead atoms. The van der Waals surface area contributed by atoms with E-state index in [9.17, 15) is 4.79 Å². The molecule has 0 amide bonds. The maximum absolute atomic E-state index is 12.1.